The van der Waals surface area contributed by atoms with Gasteiger partial charge in [-0.2, -0.15) is 0 Å². The molecule has 1 aromatic carbocycles. The number of likely N-dealkylation sites (tertiary alicyclic amines) is 1. The Hall–Kier alpha value is -2.44. The molecule has 24 heavy (non-hydrogen) atoms. The fourth-order valence-corrected chi connectivity index (χ4v) is 2.66. The van der Waals surface area contributed by atoms with Gasteiger partial charge in [-0.05, 0) is 30.5 Å². The maximum Gasteiger partial charge on any atom is 0.310 e. The number of methoxy groups -OCH3 is 3. The van der Waals surface area contributed by atoms with Crippen LogP contribution in [0.25, 0.3) is 0 Å². The number of hydrogen-bond acceptors (Lipinski definition) is 6. The Bertz CT molecular complexity index is 570. The minimum Gasteiger partial charge on any atom is -0.493 e. The van der Waals surface area contributed by atoms with Gasteiger partial charge in [0, 0.05) is 13.1 Å². The van der Waals surface area contributed by atoms with Gasteiger partial charge in [-0.15, -0.1) is 0 Å². The van der Waals surface area contributed by atoms with Gasteiger partial charge in [0.15, 0.2) is 18.1 Å². The van der Waals surface area contributed by atoms with Gasteiger partial charge in [-0.3, -0.25) is 9.59 Å². The summed E-state index contributed by atoms with van der Waals surface area (Å²) in [5.74, 6) is 0.768. The van der Waals surface area contributed by atoms with Crippen LogP contribution < -0.4 is 14.2 Å². The van der Waals surface area contributed by atoms with Crippen LogP contribution in [-0.4, -0.2) is 57.8 Å². The predicted molar refractivity (Wildman–Crippen MR) is 86.6 cm³/mol. The van der Waals surface area contributed by atoms with Gasteiger partial charge in [-0.1, -0.05) is 0 Å². The van der Waals surface area contributed by atoms with Gasteiger partial charge >= 0.3 is 5.97 Å². The number of amides is 1. The first-order valence-electron chi connectivity index (χ1n) is 7.81. The van der Waals surface area contributed by atoms with Crippen LogP contribution in [-0.2, 0) is 20.7 Å². The summed E-state index contributed by atoms with van der Waals surface area (Å²) in [6, 6.07) is 3.37. The van der Waals surface area contributed by atoms with Crippen LogP contribution in [0.3, 0.4) is 0 Å². The summed E-state index contributed by atoms with van der Waals surface area (Å²) in [6.45, 7) is 1.26. The first-order chi connectivity index (χ1) is 11.6. The molecule has 132 valence electrons. The van der Waals surface area contributed by atoms with Crippen molar-refractivity contribution >= 4 is 11.9 Å². The van der Waals surface area contributed by atoms with E-state index in [2.05, 4.69) is 0 Å². The molecular weight excluding hydrogens is 314 g/mol. The molecule has 1 saturated heterocycles. The molecule has 1 aromatic rings. The van der Waals surface area contributed by atoms with Gasteiger partial charge in [0.25, 0.3) is 5.91 Å². The zero-order valence-corrected chi connectivity index (χ0v) is 14.3. The van der Waals surface area contributed by atoms with Gasteiger partial charge in [0.05, 0.1) is 27.8 Å². The minimum atomic E-state index is -0.475. The Morgan fingerprint density at radius 1 is 1.00 bits per heavy atom. The number of carbonyl (C=O) groups excluding carboxylic acids is 2. The summed E-state index contributed by atoms with van der Waals surface area (Å²) < 4.78 is 20.8. The number of rotatable bonds is 7. The third-order valence-electron chi connectivity index (χ3n) is 3.89. The maximum atomic E-state index is 12.0. The number of esters is 1. The SMILES string of the molecule is COc1cc(CC(=O)OCC(=O)N2CCCC2)cc(OC)c1OC. The van der Waals surface area contributed by atoms with E-state index in [4.69, 9.17) is 18.9 Å². The Morgan fingerprint density at radius 3 is 2.08 bits per heavy atom. The number of nitrogens with zero attached hydrogens (tertiary/aromatic N) is 1. The van der Waals surface area contributed by atoms with E-state index in [9.17, 15) is 9.59 Å². The molecule has 7 heteroatoms. The quantitative estimate of drug-likeness (QED) is 0.701. The molecule has 0 saturated carbocycles. The lowest BCUT2D eigenvalue weighted by Crippen LogP contribution is -2.32. The second kappa shape index (κ2) is 8.42. The lowest BCUT2D eigenvalue weighted by Gasteiger charge is -2.15. The summed E-state index contributed by atoms with van der Waals surface area (Å²) in [4.78, 5) is 25.6. The summed E-state index contributed by atoms with van der Waals surface area (Å²) in [5.41, 5.74) is 0.656. The van der Waals surface area contributed by atoms with E-state index in [-0.39, 0.29) is 18.9 Å². The number of hydrogen-bond donors (Lipinski definition) is 0. The standard InChI is InChI=1S/C17H23NO6/c1-21-13-8-12(9-14(22-2)17(13)23-3)10-16(20)24-11-15(19)18-6-4-5-7-18/h8-9H,4-7,10-11H2,1-3H3. The molecule has 0 spiro atoms. The predicted octanol–water partition coefficient (Wildman–Crippen LogP) is 1.42. The van der Waals surface area contributed by atoms with Crippen molar-refractivity contribution in [1.29, 1.82) is 0 Å². The van der Waals surface area contributed by atoms with Crippen molar-refractivity contribution in [2.45, 2.75) is 19.3 Å². The summed E-state index contributed by atoms with van der Waals surface area (Å²) in [7, 11) is 4.53. The smallest absolute Gasteiger partial charge is 0.310 e. The van der Waals surface area contributed by atoms with Crippen LogP contribution in [0, 0.1) is 0 Å². The number of benzene rings is 1. The average Bonchev–Trinajstić information content (AvgIpc) is 3.13. The molecule has 0 aromatic heterocycles. The average molecular weight is 337 g/mol. The lowest BCUT2D eigenvalue weighted by molar-refractivity contribution is -0.151. The topological polar surface area (TPSA) is 74.3 Å². The molecule has 1 heterocycles. The highest BCUT2D eigenvalue weighted by atomic mass is 16.5. The molecule has 0 aliphatic carbocycles. The van der Waals surface area contributed by atoms with E-state index >= 15 is 0 Å². The molecule has 0 N–H and O–H groups in total. The highest BCUT2D eigenvalue weighted by molar-refractivity contribution is 5.81. The van der Waals surface area contributed by atoms with Gasteiger partial charge in [-0.25, -0.2) is 0 Å². The second-order valence-corrected chi connectivity index (χ2v) is 5.46. The minimum absolute atomic E-state index is 0.0179. The molecule has 0 atom stereocenters. The van der Waals surface area contributed by atoms with Crippen molar-refractivity contribution in [3.8, 4) is 17.2 Å². The zero-order valence-electron chi connectivity index (χ0n) is 14.3. The van der Waals surface area contributed by atoms with Crippen LogP contribution in [0.15, 0.2) is 12.1 Å². The van der Waals surface area contributed by atoms with Crippen LogP contribution in [0.4, 0.5) is 0 Å². The Labute approximate surface area is 141 Å². The summed E-state index contributed by atoms with van der Waals surface area (Å²) >= 11 is 0. The molecule has 1 aliphatic heterocycles. The van der Waals surface area contributed by atoms with E-state index < -0.39 is 5.97 Å². The summed E-state index contributed by atoms with van der Waals surface area (Å²) in [5, 5.41) is 0. The Kier molecular flexibility index (Phi) is 6.28. The first-order valence-corrected chi connectivity index (χ1v) is 7.81. The first kappa shape index (κ1) is 17.9. The molecule has 2 rings (SSSR count). The second-order valence-electron chi connectivity index (χ2n) is 5.46. The fraction of sp³-hybridized carbons (Fsp3) is 0.529. The van der Waals surface area contributed by atoms with Crippen molar-refractivity contribution in [2.75, 3.05) is 41.0 Å². The van der Waals surface area contributed by atoms with Gasteiger partial charge in [0.2, 0.25) is 5.75 Å². The van der Waals surface area contributed by atoms with Crippen molar-refractivity contribution in [3.05, 3.63) is 17.7 Å². The Morgan fingerprint density at radius 2 is 1.58 bits per heavy atom. The third-order valence-corrected chi connectivity index (χ3v) is 3.89. The molecule has 7 nitrogen and oxygen atoms in total. The monoisotopic (exact) mass is 337 g/mol. The molecule has 1 amide bonds. The van der Waals surface area contributed by atoms with E-state index in [1.54, 1.807) is 17.0 Å². The maximum absolute atomic E-state index is 12.0. The molecule has 0 radical (unpaired) electrons. The molecule has 1 aliphatic rings. The van der Waals surface area contributed by atoms with Crippen LogP contribution in [0.1, 0.15) is 18.4 Å². The third kappa shape index (κ3) is 4.31. The largest absolute Gasteiger partial charge is 0.493 e. The van der Waals surface area contributed by atoms with Crippen LogP contribution in [0.5, 0.6) is 17.2 Å². The van der Waals surface area contributed by atoms with Crippen molar-refractivity contribution in [1.82, 2.24) is 4.90 Å². The van der Waals surface area contributed by atoms with Gasteiger partial charge < -0.3 is 23.8 Å². The lowest BCUT2D eigenvalue weighted by atomic mass is 10.1. The summed E-state index contributed by atoms with van der Waals surface area (Å²) in [6.07, 6.45) is 2.03. The molecule has 0 bridgehead atoms. The molecular formula is C17H23NO6. The Balaban J connectivity index is 1.96. The number of carbonyl (C=O) groups is 2. The number of ether oxygens (including phenoxy) is 4. The van der Waals surface area contributed by atoms with Crippen molar-refractivity contribution < 1.29 is 28.5 Å². The van der Waals surface area contributed by atoms with E-state index in [1.165, 1.54) is 21.3 Å². The van der Waals surface area contributed by atoms with Gasteiger partial charge in [0.1, 0.15) is 0 Å². The normalized spacial score (nSPS) is 13.5. The molecule has 0 unspecified atom stereocenters. The highest BCUT2D eigenvalue weighted by Gasteiger charge is 2.20. The highest BCUT2D eigenvalue weighted by Crippen LogP contribution is 2.38. The zero-order chi connectivity index (χ0) is 17.5. The van der Waals surface area contributed by atoms with Crippen LogP contribution >= 0.6 is 0 Å². The van der Waals surface area contributed by atoms with Crippen molar-refractivity contribution in [2.24, 2.45) is 0 Å². The van der Waals surface area contributed by atoms with Crippen LogP contribution in [0.2, 0.25) is 0 Å². The van der Waals surface area contributed by atoms with E-state index in [0.717, 1.165) is 25.9 Å². The molecule has 1 fully saturated rings. The van der Waals surface area contributed by atoms with Crippen molar-refractivity contribution in [3.63, 3.8) is 0 Å². The van der Waals surface area contributed by atoms with E-state index in [1.807, 2.05) is 0 Å². The fourth-order valence-electron chi connectivity index (χ4n) is 2.66. The van der Waals surface area contributed by atoms with E-state index in [0.29, 0.717) is 22.8 Å².